The lowest BCUT2D eigenvalue weighted by Crippen LogP contribution is -2.01. The summed E-state index contributed by atoms with van der Waals surface area (Å²) in [5.74, 6) is 1.28. The van der Waals surface area contributed by atoms with Crippen LogP contribution in [0.25, 0.3) is 28.2 Å². The van der Waals surface area contributed by atoms with Gasteiger partial charge in [0.1, 0.15) is 5.58 Å². The van der Waals surface area contributed by atoms with E-state index in [2.05, 4.69) is 11.2 Å². The molecule has 0 radical (unpaired) electrons. The van der Waals surface area contributed by atoms with Crippen LogP contribution in [0, 0.1) is 16.1 Å². The molecule has 0 aliphatic carbocycles. The molecule has 0 saturated carbocycles. The summed E-state index contributed by atoms with van der Waals surface area (Å²) >= 11 is 5.60. The minimum absolute atomic E-state index is 0.347. The highest BCUT2D eigenvalue weighted by atomic mass is 32.1. The maximum absolute atomic E-state index is 8.87. The molecule has 0 amide bonds. The van der Waals surface area contributed by atoms with Crippen LogP contribution in [-0.2, 0) is 6.54 Å². The highest BCUT2D eigenvalue weighted by Crippen LogP contribution is 2.28. The van der Waals surface area contributed by atoms with Gasteiger partial charge in [-0.2, -0.15) is 5.26 Å². The van der Waals surface area contributed by atoms with Crippen molar-refractivity contribution >= 4 is 23.2 Å². The Morgan fingerprint density at radius 3 is 2.60 bits per heavy atom. The Labute approximate surface area is 149 Å². The predicted octanol–water partition coefficient (Wildman–Crippen LogP) is 4.73. The van der Waals surface area contributed by atoms with Crippen LogP contribution in [0.5, 0.6) is 0 Å². The lowest BCUT2D eigenvalue weighted by molar-refractivity contribution is 0.603. The Hall–Kier alpha value is -3.17. The number of nitriles is 1. The van der Waals surface area contributed by atoms with E-state index in [1.807, 2.05) is 65.2 Å². The van der Waals surface area contributed by atoms with E-state index in [-0.39, 0.29) is 0 Å². The number of fused-ring (bicyclic) bond motifs is 1. The number of hydrogen-bond acceptors (Lipinski definition) is 4. The van der Waals surface area contributed by atoms with Gasteiger partial charge in [0.2, 0.25) is 10.6 Å². The van der Waals surface area contributed by atoms with Gasteiger partial charge in [-0.1, -0.05) is 36.4 Å². The lowest BCUT2D eigenvalue weighted by atomic mass is 10.2. The van der Waals surface area contributed by atoms with Crippen molar-refractivity contribution in [3.05, 3.63) is 65.4 Å². The Balaban J connectivity index is 1.94. The second-order valence-corrected chi connectivity index (χ2v) is 5.92. The van der Waals surface area contributed by atoms with Crippen LogP contribution < -0.4 is 0 Å². The van der Waals surface area contributed by atoms with E-state index in [4.69, 9.17) is 21.9 Å². The molecule has 0 atom stereocenters. The van der Waals surface area contributed by atoms with Gasteiger partial charge in [0.15, 0.2) is 5.76 Å². The van der Waals surface area contributed by atoms with Gasteiger partial charge in [-0.05, 0) is 36.5 Å². The molecule has 25 heavy (non-hydrogen) atoms. The topological polar surface area (TPSA) is 59.7 Å². The zero-order valence-electron chi connectivity index (χ0n) is 13.3. The van der Waals surface area contributed by atoms with E-state index in [1.165, 1.54) is 0 Å². The van der Waals surface area contributed by atoms with Crippen molar-refractivity contribution in [2.45, 2.75) is 13.0 Å². The van der Waals surface area contributed by atoms with Gasteiger partial charge in [0.25, 0.3) is 0 Å². The fraction of sp³-hybridized carbons (Fsp3) is 0.105. The summed E-state index contributed by atoms with van der Waals surface area (Å²) in [5.41, 5.74) is 1.71. The van der Waals surface area contributed by atoms with E-state index >= 15 is 0 Å². The Morgan fingerprint density at radius 1 is 1.08 bits per heavy atom. The fourth-order valence-electron chi connectivity index (χ4n) is 2.77. The monoisotopic (exact) mass is 346 g/mol. The molecule has 5 nitrogen and oxygen atoms in total. The van der Waals surface area contributed by atoms with Crippen molar-refractivity contribution < 1.29 is 4.42 Å². The zero-order chi connectivity index (χ0) is 17.2. The molecule has 2 aromatic carbocycles. The molecule has 0 bridgehead atoms. The molecule has 0 saturated heterocycles. The zero-order valence-corrected chi connectivity index (χ0v) is 14.1. The molecule has 0 fully saturated rings. The van der Waals surface area contributed by atoms with Crippen molar-refractivity contribution in [1.29, 1.82) is 5.26 Å². The highest BCUT2D eigenvalue weighted by molar-refractivity contribution is 7.71. The first kappa shape index (κ1) is 15.4. The van der Waals surface area contributed by atoms with E-state index in [1.54, 1.807) is 4.68 Å². The molecule has 4 aromatic rings. The highest BCUT2D eigenvalue weighted by Gasteiger charge is 2.17. The number of benzene rings is 2. The average molecular weight is 346 g/mol. The smallest absolute Gasteiger partial charge is 0.203 e. The number of nitrogens with zero attached hydrogens (tertiary/aromatic N) is 4. The van der Waals surface area contributed by atoms with Crippen molar-refractivity contribution in [1.82, 2.24) is 14.3 Å². The van der Waals surface area contributed by atoms with Gasteiger partial charge in [0.05, 0.1) is 24.7 Å². The Kier molecular flexibility index (Phi) is 3.92. The molecule has 0 aliphatic heterocycles. The van der Waals surface area contributed by atoms with Crippen LogP contribution in [-0.4, -0.2) is 14.3 Å². The Bertz CT molecular complexity index is 1100. The van der Waals surface area contributed by atoms with Crippen LogP contribution in [0.1, 0.15) is 6.42 Å². The van der Waals surface area contributed by atoms with Crippen LogP contribution in [0.2, 0.25) is 0 Å². The van der Waals surface area contributed by atoms with E-state index in [0.29, 0.717) is 29.3 Å². The molecule has 4 rings (SSSR count). The third-order valence-electron chi connectivity index (χ3n) is 3.94. The summed E-state index contributed by atoms with van der Waals surface area (Å²) in [4.78, 5) is 0. The molecular formula is C19H14N4OS. The summed E-state index contributed by atoms with van der Waals surface area (Å²) in [6, 6.07) is 21.7. The average Bonchev–Trinajstić information content (AvgIpc) is 3.21. The molecule has 6 heteroatoms. The maximum atomic E-state index is 8.87. The third kappa shape index (κ3) is 2.75. The SMILES string of the molecule is N#CCCn1nc(-c2cc3ccccc3o2)n(-c2ccccc2)c1=S. The normalized spacial score (nSPS) is 10.8. The van der Waals surface area contributed by atoms with E-state index in [9.17, 15) is 0 Å². The van der Waals surface area contributed by atoms with Crippen molar-refractivity contribution in [2.24, 2.45) is 0 Å². The van der Waals surface area contributed by atoms with Crippen molar-refractivity contribution in [2.75, 3.05) is 0 Å². The number of para-hydroxylation sites is 2. The first-order valence-corrected chi connectivity index (χ1v) is 8.30. The predicted molar refractivity (Wildman–Crippen MR) is 97.8 cm³/mol. The van der Waals surface area contributed by atoms with E-state index < -0.39 is 0 Å². The summed E-state index contributed by atoms with van der Waals surface area (Å²) in [7, 11) is 0. The number of hydrogen-bond donors (Lipinski definition) is 0. The summed E-state index contributed by atoms with van der Waals surface area (Å²) in [6.45, 7) is 0.447. The van der Waals surface area contributed by atoms with Crippen LogP contribution >= 0.6 is 12.2 Å². The summed E-state index contributed by atoms with van der Waals surface area (Å²) in [6.07, 6.45) is 0.347. The molecule has 2 aromatic heterocycles. The van der Waals surface area contributed by atoms with Crippen molar-refractivity contribution in [3.63, 3.8) is 0 Å². The third-order valence-corrected chi connectivity index (χ3v) is 4.33. The first-order valence-electron chi connectivity index (χ1n) is 7.89. The molecule has 0 N–H and O–H groups in total. The molecular weight excluding hydrogens is 332 g/mol. The standard InChI is InChI=1S/C19H14N4OS/c20-11-6-12-22-19(25)23(15-8-2-1-3-9-15)18(21-22)17-13-14-7-4-5-10-16(14)24-17/h1-5,7-10,13H,6,12H2. The summed E-state index contributed by atoms with van der Waals surface area (Å²) < 4.78 is 10.1. The van der Waals surface area contributed by atoms with Gasteiger partial charge < -0.3 is 4.42 Å². The number of aryl methyl sites for hydroxylation is 1. The number of aromatic nitrogens is 3. The number of rotatable bonds is 4. The molecule has 0 aliphatic rings. The summed E-state index contributed by atoms with van der Waals surface area (Å²) in [5, 5.41) is 14.5. The van der Waals surface area contributed by atoms with Gasteiger partial charge in [-0.3, -0.25) is 4.57 Å². The van der Waals surface area contributed by atoms with Crippen LogP contribution in [0.4, 0.5) is 0 Å². The number of furan rings is 1. The van der Waals surface area contributed by atoms with Crippen LogP contribution in [0.3, 0.4) is 0 Å². The van der Waals surface area contributed by atoms with Crippen LogP contribution in [0.15, 0.2) is 65.1 Å². The van der Waals surface area contributed by atoms with Gasteiger partial charge >= 0.3 is 0 Å². The molecule has 0 unspecified atom stereocenters. The minimum Gasteiger partial charge on any atom is -0.453 e. The van der Waals surface area contributed by atoms with E-state index in [0.717, 1.165) is 16.7 Å². The van der Waals surface area contributed by atoms with Gasteiger partial charge in [0, 0.05) is 5.39 Å². The molecule has 0 spiro atoms. The lowest BCUT2D eigenvalue weighted by Gasteiger charge is -2.04. The maximum Gasteiger partial charge on any atom is 0.203 e. The quantitative estimate of drug-likeness (QED) is 0.501. The van der Waals surface area contributed by atoms with Crippen molar-refractivity contribution in [3.8, 4) is 23.3 Å². The minimum atomic E-state index is 0.347. The largest absolute Gasteiger partial charge is 0.453 e. The molecule has 2 heterocycles. The fourth-order valence-corrected chi connectivity index (χ4v) is 3.09. The Morgan fingerprint density at radius 2 is 1.84 bits per heavy atom. The molecule has 122 valence electrons. The first-order chi connectivity index (χ1) is 12.3. The second-order valence-electron chi connectivity index (χ2n) is 5.56. The second kappa shape index (κ2) is 6.38. The van der Waals surface area contributed by atoms with Gasteiger partial charge in [-0.15, -0.1) is 5.10 Å². The van der Waals surface area contributed by atoms with Gasteiger partial charge in [-0.25, -0.2) is 4.68 Å².